The molecule has 1 saturated heterocycles. The van der Waals surface area contributed by atoms with Crippen molar-refractivity contribution in [2.24, 2.45) is 0 Å². The average Bonchev–Trinajstić information content (AvgIpc) is 2.89. The number of thioether (sulfide) groups is 1. The summed E-state index contributed by atoms with van der Waals surface area (Å²) in [6.07, 6.45) is 0. The second-order valence-corrected chi connectivity index (χ2v) is 8.42. The van der Waals surface area contributed by atoms with Gasteiger partial charge >= 0.3 is 5.97 Å². The van der Waals surface area contributed by atoms with E-state index >= 15 is 0 Å². The predicted octanol–water partition coefficient (Wildman–Crippen LogP) is 3.04. The summed E-state index contributed by atoms with van der Waals surface area (Å²) < 4.78 is 26.3. The van der Waals surface area contributed by atoms with E-state index < -0.39 is 22.0 Å². The van der Waals surface area contributed by atoms with Gasteiger partial charge in [-0.2, -0.15) is 4.31 Å². The summed E-state index contributed by atoms with van der Waals surface area (Å²) in [5.74, 6) is -0.873. The summed E-state index contributed by atoms with van der Waals surface area (Å²) in [7, 11) is -3.99. The third kappa shape index (κ3) is 3.20. The van der Waals surface area contributed by atoms with Crippen LogP contribution in [0.2, 0.25) is 10.0 Å². The van der Waals surface area contributed by atoms with E-state index in [1.54, 1.807) is 0 Å². The molecule has 1 aliphatic rings. The molecule has 1 N–H and O–H groups in total. The molecule has 0 saturated carbocycles. The fraction of sp³-hybridized carbons (Fsp3) is 0.364. The number of sulfonamides is 1. The van der Waals surface area contributed by atoms with Gasteiger partial charge in [-0.05, 0) is 12.1 Å². The summed E-state index contributed by atoms with van der Waals surface area (Å²) >= 11 is 16.5. The fourth-order valence-electron chi connectivity index (χ4n) is 1.88. The summed E-state index contributed by atoms with van der Waals surface area (Å²) in [6, 6.07) is 1.66. The van der Waals surface area contributed by atoms with Crippen molar-refractivity contribution in [3.8, 4) is 0 Å². The molecule has 1 atom stereocenters. The molecule has 0 spiro atoms. The lowest BCUT2D eigenvalue weighted by Crippen LogP contribution is -2.41. The second-order valence-electron chi connectivity index (χ2n) is 4.22. The standard InChI is InChI=1S/C11H10BrCl2NO4S2/c12-3-6-7(13)1-2-9(10(6)14)21(18,19)15-5-20-4-8(15)11(16)17/h1-2,8H,3-5H2,(H,16,17)/t8-/m0/s1. The number of hydrogen-bond donors (Lipinski definition) is 1. The lowest BCUT2D eigenvalue weighted by Gasteiger charge is -2.21. The van der Waals surface area contributed by atoms with Gasteiger partial charge in [-0.15, -0.1) is 11.8 Å². The maximum Gasteiger partial charge on any atom is 0.322 e. The van der Waals surface area contributed by atoms with Crippen LogP contribution in [-0.4, -0.2) is 41.5 Å². The van der Waals surface area contributed by atoms with E-state index in [9.17, 15) is 13.2 Å². The molecule has 5 nitrogen and oxygen atoms in total. The van der Waals surface area contributed by atoms with Crippen molar-refractivity contribution in [1.29, 1.82) is 0 Å². The summed E-state index contributed by atoms with van der Waals surface area (Å²) in [4.78, 5) is 11.0. The van der Waals surface area contributed by atoms with E-state index in [0.717, 1.165) is 4.31 Å². The molecule has 1 aromatic carbocycles. The zero-order chi connectivity index (χ0) is 15.8. The number of carboxylic acids is 1. The molecule has 0 radical (unpaired) electrons. The second kappa shape index (κ2) is 6.64. The lowest BCUT2D eigenvalue weighted by molar-refractivity contribution is -0.140. The molecular formula is C11H10BrCl2NO4S2. The van der Waals surface area contributed by atoms with Crippen molar-refractivity contribution in [3.63, 3.8) is 0 Å². The van der Waals surface area contributed by atoms with E-state index in [2.05, 4.69) is 15.9 Å². The molecule has 1 fully saturated rings. The third-order valence-electron chi connectivity index (χ3n) is 3.00. The minimum atomic E-state index is -3.99. The topological polar surface area (TPSA) is 74.7 Å². The minimum Gasteiger partial charge on any atom is -0.480 e. The summed E-state index contributed by atoms with van der Waals surface area (Å²) in [6.45, 7) is 0. The highest BCUT2D eigenvalue weighted by atomic mass is 79.9. The molecule has 1 aliphatic heterocycles. The number of rotatable bonds is 4. The molecular weight excluding hydrogens is 425 g/mol. The Morgan fingerprint density at radius 3 is 2.71 bits per heavy atom. The Labute approximate surface area is 144 Å². The van der Waals surface area contributed by atoms with E-state index in [4.69, 9.17) is 28.3 Å². The van der Waals surface area contributed by atoms with Gasteiger partial charge in [0.1, 0.15) is 10.9 Å². The van der Waals surface area contributed by atoms with Gasteiger partial charge in [-0.1, -0.05) is 39.1 Å². The maximum absolute atomic E-state index is 12.7. The number of carboxylic acid groups (broad SMARTS) is 1. The number of nitrogens with zero attached hydrogens (tertiary/aromatic N) is 1. The highest BCUT2D eigenvalue weighted by Gasteiger charge is 2.41. The number of alkyl halides is 1. The molecule has 0 aliphatic carbocycles. The Kier molecular flexibility index (Phi) is 5.49. The molecule has 0 amide bonds. The normalized spacial score (nSPS) is 19.9. The first-order chi connectivity index (χ1) is 9.80. The number of aliphatic carboxylic acids is 1. The highest BCUT2D eigenvalue weighted by Crippen LogP contribution is 2.36. The molecule has 0 aromatic heterocycles. The lowest BCUT2D eigenvalue weighted by atomic mass is 10.2. The maximum atomic E-state index is 12.7. The van der Waals surface area contributed by atoms with Gasteiger partial charge in [-0.25, -0.2) is 8.42 Å². The Morgan fingerprint density at radius 2 is 2.14 bits per heavy atom. The zero-order valence-corrected chi connectivity index (χ0v) is 15.2. The Hall–Kier alpha value is 0.01000. The molecule has 10 heteroatoms. The Bertz CT molecular complexity index is 683. The van der Waals surface area contributed by atoms with Gasteiger partial charge in [0, 0.05) is 21.7 Å². The van der Waals surface area contributed by atoms with Crippen LogP contribution < -0.4 is 0 Å². The van der Waals surface area contributed by atoms with Crippen molar-refractivity contribution in [2.75, 3.05) is 11.6 Å². The van der Waals surface area contributed by atoms with Crippen LogP contribution in [0.3, 0.4) is 0 Å². The van der Waals surface area contributed by atoms with Gasteiger partial charge in [0.05, 0.1) is 10.9 Å². The summed E-state index contributed by atoms with van der Waals surface area (Å²) in [5, 5.41) is 9.79. The quantitative estimate of drug-likeness (QED) is 0.737. The first kappa shape index (κ1) is 17.4. The SMILES string of the molecule is O=C(O)[C@@H]1CSCN1S(=O)(=O)c1ccc(Cl)c(CBr)c1Cl. The first-order valence-corrected chi connectivity index (χ1v) is 10.1. The first-order valence-electron chi connectivity index (χ1n) is 5.66. The number of benzene rings is 1. The van der Waals surface area contributed by atoms with E-state index in [1.165, 1.54) is 23.9 Å². The largest absolute Gasteiger partial charge is 0.480 e. The van der Waals surface area contributed by atoms with E-state index in [0.29, 0.717) is 15.9 Å². The van der Waals surface area contributed by atoms with Crippen LogP contribution in [0.1, 0.15) is 5.56 Å². The van der Waals surface area contributed by atoms with Crippen LogP contribution in [-0.2, 0) is 20.1 Å². The van der Waals surface area contributed by atoms with Crippen molar-refractivity contribution in [1.82, 2.24) is 4.31 Å². The fourth-order valence-corrected chi connectivity index (χ4v) is 6.81. The summed E-state index contributed by atoms with van der Waals surface area (Å²) in [5.41, 5.74) is 0.457. The average molecular weight is 435 g/mol. The van der Waals surface area contributed by atoms with Gasteiger partial charge in [0.15, 0.2) is 0 Å². The monoisotopic (exact) mass is 433 g/mol. The van der Waals surface area contributed by atoms with Gasteiger partial charge < -0.3 is 5.11 Å². The third-order valence-corrected chi connectivity index (χ3v) is 7.53. The molecule has 21 heavy (non-hydrogen) atoms. The smallest absolute Gasteiger partial charge is 0.322 e. The number of hydrogen-bond acceptors (Lipinski definition) is 4. The molecule has 0 unspecified atom stereocenters. The van der Waals surface area contributed by atoms with Crippen LogP contribution >= 0.6 is 50.9 Å². The Morgan fingerprint density at radius 1 is 1.48 bits per heavy atom. The highest BCUT2D eigenvalue weighted by molar-refractivity contribution is 9.08. The van der Waals surface area contributed by atoms with Gasteiger partial charge in [0.25, 0.3) is 0 Å². The molecule has 1 aromatic rings. The zero-order valence-electron chi connectivity index (χ0n) is 10.4. The van der Waals surface area contributed by atoms with E-state index in [-0.39, 0.29) is 21.5 Å². The van der Waals surface area contributed by atoms with Crippen molar-refractivity contribution in [3.05, 3.63) is 27.7 Å². The van der Waals surface area contributed by atoms with Gasteiger partial charge in [0.2, 0.25) is 10.0 Å². The molecule has 0 bridgehead atoms. The Balaban J connectivity index is 2.52. The van der Waals surface area contributed by atoms with Crippen molar-refractivity contribution < 1.29 is 18.3 Å². The predicted molar refractivity (Wildman–Crippen MR) is 86.9 cm³/mol. The molecule has 2 rings (SSSR count). The van der Waals surface area contributed by atoms with E-state index in [1.807, 2.05) is 0 Å². The van der Waals surface area contributed by atoms with Crippen LogP contribution in [0.5, 0.6) is 0 Å². The number of halogens is 3. The van der Waals surface area contributed by atoms with Crippen LogP contribution in [0.15, 0.2) is 17.0 Å². The van der Waals surface area contributed by atoms with Crippen molar-refractivity contribution >= 4 is 66.9 Å². The number of carbonyl (C=O) groups is 1. The van der Waals surface area contributed by atoms with Gasteiger partial charge in [-0.3, -0.25) is 4.79 Å². The molecule has 116 valence electrons. The van der Waals surface area contributed by atoms with Crippen LogP contribution in [0, 0.1) is 0 Å². The molecule has 1 heterocycles. The van der Waals surface area contributed by atoms with Crippen LogP contribution in [0.25, 0.3) is 0 Å². The van der Waals surface area contributed by atoms with Crippen LogP contribution in [0.4, 0.5) is 0 Å². The minimum absolute atomic E-state index is 0.0143. The van der Waals surface area contributed by atoms with Crippen molar-refractivity contribution in [2.45, 2.75) is 16.3 Å².